The highest BCUT2D eigenvalue weighted by atomic mass is 35.5. The summed E-state index contributed by atoms with van der Waals surface area (Å²) < 4.78 is 0. The number of aromatic nitrogens is 1. The predicted octanol–water partition coefficient (Wildman–Crippen LogP) is 1.55. The zero-order valence-corrected chi connectivity index (χ0v) is 12.1. The van der Waals surface area contributed by atoms with E-state index in [4.69, 9.17) is 11.6 Å². The molecule has 0 unspecified atom stereocenters. The maximum Gasteiger partial charge on any atom is 0.255 e. The monoisotopic (exact) mass is 282 g/mol. The van der Waals surface area contributed by atoms with Crippen molar-refractivity contribution in [3.8, 4) is 0 Å². The van der Waals surface area contributed by atoms with E-state index in [-0.39, 0.29) is 5.91 Å². The minimum atomic E-state index is -0.0142. The molecule has 1 aliphatic rings. The van der Waals surface area contributed by atoms with E-state index in [9.17, 15) is 4.79 Å². The van der Waals surface area contributed by atoms with Crippen LogP contribution < -0.4 is 5.32 Å². The molecule has 0 aromatic carbocycles. The Morgan fingerprint density at radius 1 is 1.42 bits per heavy atom. The van der Waals surface area contributed by atoms with Crippen LogP contribution in [0.25, 0.3) is 0 Å². The maximum atomic E-state index is 12.5. The number of hydrogen-bond acceptors (Lipinski definition) is 4. The van der Waals surface area contributed by atoms with Crippen molar-refractivity contribution in [2.45, 2.75) is 6.92 Å². The summed E-state index contributed by atoms with van der Waals surface area (Å²) in [6.07, 6.45) is 1.53. The molecule has 0 saturated carbocycles. The zero-order valence-electron chi connectivity index (χ0n) is 11.3. The summed E-state index contributed by atoms with van der Waals surface area (Å²) in [6, 6.07) is 1.73. The SMILES string of the molecule is CCNc1cc(C(=O)N2CCN(C)CC2)c(Cl)cn1. The van der Waals surface area contributed by atoms with Crippen LogP contribution in [0.1, 0.15) is 17.3 Å². The lowest BCUT2D eigenvalue weighted by Crippen LogP contribution is -2.47. The van der Waals surface area contributed by atoms with Gasteiger partial charge in [0.15, 0.2) is 0 Å². The molecule has 1 saturated heterocycles. The number of halogens is 1. The smallest absolute Gasteiger partial charge is 0.255 e. The highest BCUT2D eigenvalue weighted by Crippen LogP contribution is 2.20. The van der Waals surface area contributed by atoms with Crippen LogP contribution in [-0.2, 0) is 0 Å². The number of anilines is 1. The van der Waals surface area contributed by atoms with E-state index < -0.39 is 0 Å². The van der Waals surface area contributed by atoms with Gasteiger partial charge in [0.2, 0.25) is 0 Å². The van der Waals surface area contributed by atoms with E-state index in [2.05, 4.69) is 22.2 Å². The lowest BCUT2D eigenvalue weighted by atomic mass is 10.2. The molecule has 5 nitrogen and oxygen atoms in total. The maximum absolute atomic E-state index is 12.5. The lowest BCUT2D eigenvalue weighted by molar-refractivity contribution is 0.0664. The Bertz CT molecular complexity index is 458. The first kappa shape index (κ1) is 14.1. The van der Waals surface area contributed by atoms with E-state index in [1.807, 2.05) is 11.8 Å². The van der Waals surface area contributed by atoms with Gasteiger partial charge in [-0.25, -0.2) is 4.98 Å². The first-order valence-corrected chi connectivity index (χ1v) is 6.87. The third kappa shape index (κ3) is 3.36. The van der Waals surface area contributed by atoms with E-state index >= 15 is 0 Å². The second-order valence-electron chi connectivity index (χ2n) is 4.68. The summed E-state index contributed by atoms with van der Waals surface area (Å²) in [4.78, 5) is 20.7. The molecule has 19 heavy (non-hydrogen) atoms. The summed E-state index contributed by atoms with van der Waals surface area (Å²) >= 11 is 6.09. The zero-order chi connectivity index (χ0) is 13.8. The van der Waals surface area contributed by atoms with Crippen LogP contribution in [-0.4, -0.2) is 60.5 Å². The van der Waals surface area contributed by atoms with Crippen molar-refractivity contribution in [2.24, 2.45) is 0 Å². The lowest BCUT2D eigenvalue weighted by Gasteiger charge is -2.32. The molecule has 1 aliphatic heterocycles. The van der Waals surface area contributed by atoms with Crippen molar-refractivity contribution < 1.29 is 4.79 Å². The van der Waals surface area contributed by atoms with Crippen molar-refractivity contribution >= 4 is 23.3 Å². The van der Waals surface area contributed by atoms with Crippen LogP contribution in [0.4, 0.5) is 5.82 Å². The minimum absolute atomic E-state index is 0.0142. The van der Waals surface area contributed by atoms with Crippen molar-refractivity contribution in [3.63, 3.8) is 0 Å². The summed E-state index contributed by atoms with van der Waals surface area (Å²) in [5.74, 6) is 0.670. The van der Waals surface area contributed by atoms with Crippen molar-refractivity contribution in [1.82, 2.24) is 14.8 Å². The summed E-state index contributed by atoms with van der Waals surface area (Å²) in [6.45, 7) is 6.02. The number of carbonyl (C=O) groups excluding carboxylic acids is 1. The number of nitrogens with one attached hydrogen (secondary N) is 1. The molecule has 0 radical (unpaired) electrons. The molecule has 1 aromatic rings. The Hall–Kier alpha value is -1.33. The predicted molar refractivity (Wildman–Crippen MR) is 76.8 cm³/mol. The number of nitrogens with zero attached hydrogens (tertiary/aromatic N) is 3. The molecule has 6 heteroatoms. The summed E-state index contributed by atoms with van der Waals surface area (Å²) in [7, 11) is 2.06. The molecule has 2 rings (SSSR count). The van der Waals surface area contributed by atoms with Crippen LogP contribution in [0.2, 0.25) is 5.02 Å². The first-order valence-electron chi connectivity index (χ1n) is 6.49. The number of carbonyl (C=O) groups is 1. The molecule has 104 valence electrons. The third-order valence-corrected chi connectivity index (χ3v) is 3.54. The van der Waals surface area contributed by atoms with Gasteiger partial charge in [-0.05, 0) is 20.0 Å². The number of pyridine rings is 1. The fraction of sp³-hybridized carbons (Fsp3) is 0.538. The summed E-state index contributed by atoms with van der Waals surface area (Å²) in [5.41, 5.74) is 0.525. The van der Waals surface area contributed by atoms with E-state index in [0.29, 0.717) is 16.4 Å². The first-order chi connectivity index (χ1) is 9.11. The van der Waals surface area contributed by atoms with Crippen LogP contribution in [0.15, 0.2) is 12.3 Å². The second kappa shape index (κ2) is 6.21. The topological polar surface area (TPSA) is 48.5 Å². The molecule has 2 heterocycles. The van der Waals surface area contributed by atoms with Crippen molar-refractivity contribution in [2.75, 3.05) is 45.1 Å². The minimum Gasteiger partial charge on any atom is -0.370 e. The van der Waals surface area contributed by atoms with Crippen LogP contribution in [0, 0.1) is 0 Å². The van der Waals surface area contributed by atoms with Gasteiger partial charge in [0, 0.05) is 38.9 Å². The number of likely N-dealkylation sites (N-methyl/N-ethyl adjacent to an activating group) is 1. The average molecular weight is 283 g/mol. The van der Waals surface area contributed by atoms with Crippen LogP contribution >= 0.6 is 11.6 Å². The molecule has 0 spiro atoms. The van der Waals surface area contributed by atoms with Gasteiger partial charge in [0.25, 0.3) is 5.91 Å². The molecule has 1 N–H and O–H groups in total. The summed E-state index contributed by atoms with van der Waals surface area (Å²) in [5, 5.41) is 3.50. The standard InChI is InChI=1S/C13H19ClN4O/c1-3-15-12-8-10(11(14)9-16-12)13(19)18-6-4-17(2)5-7-18/h8-9H,3-7H2,1-2H3,(H,15,16). The molecule has 0 bridgehead atoms. The Morgan fingerprint density at radius 3 is 2.74 bits per heavy atom. The molecule has 1 aromatic heterocycles. The Labute approximate surface area is 118 Å². The molecule has 1 amide bonds. The molecular weight excluding hydrogens is 264 g/mol. The Balaban J connectivity index is 2.15. The van der Waals surface area contributed by atoms with Gasteiger partial charge in [-0.3, -0.25) is 4.79 Å². The van der Waals surface area contributed by atoms with Gasteiger partial charge in [0.05, 0.1) is 10.6 Å². The number of rotatable bonds is 3. The van der Waals surface area contributed by atoms with Crippen molar-refractivity contribution in [3.05, 3.63) is 22.8 Å². The van der Waals surface area contributed by atoms with Crippen LogP contribution in [0.5, 0.6) is 0 Å². The number of piperazine rings is 1. The van der Waals surface area contributed by atoms with Gasteiger partial charge in [-0.15, -0.1) is 0 Å². The molecule has 0 aliphatic carbocycles. The number of amides is 1. The van der Waals surface area contributed by atoms with Gasteiger partial charge >= 0.3 is 0 Å². The quantitative estimate of drug-likeness (QED) is 0.914. The van der Waals surface area contributed by atoms with E-state index in [1.54, 1.807) is 6.07 Å². The Kier molecular flexibility index (Phi) is 4.61. The molecule has 0 atom stereocenters. The average Bonchev–Trinajstić information content (AvgIpc) is 2.41. The van der Waals surface area contributed by atoms with Gasteiger partial charge in [0.1, 0.15) is 5.82 Å². The van der Waals surface area contributed by atoms with E-state index in [0.717, 1.165) is 32.7 Å². The van der Waals surface area contributed by atoms with Crippen molar-refractivity contribution in [1.29, 1.82) is 0 Å². The fourth-order valence-corrected chi connectivity index (χ4v) is 2.24. The largest absolute Gasteiger partial charge is 0.370 e. The van der Waals surface area contributed by atoms with Gasteiger partial charge in [-0.1, -0.05) is 11.6 Å². The highest BCUT2D eigenvalue weighted by Gasteiger charge is 2.22. The molecule has 1 fully saturated rings. The number of hydrogen-bond donors (Lipinski definition) is 1. The fourth-order valence-electron chi connectivity index (χ4n) is 2.06. The van der Waals surface area contributed by atoms with Gasteiger partial charge in [-0.2, -0.15) is 0 Å². The van der Waals surface area contributed by atoms with Gasteiger partial charge < -0.3 is 15.1 Å². The van der Waals surface area contributed by atoms with E-state index in [1.165, 1.54) is 6.20 Å². The van der Waals surface area contributed by atoms with Crippen LogP contribution in [0.3, 0.4) is 0 Å². The normalized spacial score (nSPS) is 16.5. The highest BCUT2D eigenvalue weighted by molar-refractivity contribution is 6.33. The molecular formula is C13H19ClN4O. The Morgan fingerprint density at radius 2 is 2.11 bits per heavy atom. The third-order valence-electron chi connectivity index (χ3n) is 3.23. The second-order valence-corrected chi connectivity index (χ2v) is 5.08.